The number of aromatic amines is 1. The number of methoxy groups -OCH3 is 2. The van der Waals surface area contributed by atoms with Gasteiger partial charge in [-0.25, -0.2) is 10.2 Å². The van der Waals surface area contributed by atoms with Gasteiger partial charge in [-0.1, -0.05) is 42.5 Å². The highest BCUT2D eigenvalue weighted by molar-refractivity contribution is 6.01. The summed E-state index contributed by atoms with van der Waals surface area (Å²) >= 11 is 0. The number of hydrogen-bond donors (Lipinski definition) is 2. The third-order valence-electron chi connectivity index (χ3n) is 4.90. The zero-order chi connectivity index (χ0) is 22.5. The zero-order valence-electron chi connectivity index (χ0n) is 17.5. The number of hydrazone groups is 1. The first-order valence-corrected chi connectivity index (χ1v) is 9.74. The van der Waals surface area contributed by atoms with Gasteiger partial charge in [-0.05, 0) is 40.6 Å². The maximum absolute atomic E-state index is 12.5. The van der Waals surface area contributed by atoms with Crippen LogP contribution >= 0.6 is 0 Å². The fourth-order valence-corrected chi connectivity index (χ4v) is 3.30. The number of nitrogens with zero attached hydrogens (tertiary/aromatic N) is 2. The lowest BCUT2D eigenvalue weighted by atomic mass is 10.0. The van der Waals surface area contributed by atoms with E-state index in [1.165, 1.54) is 13.3 Å². The van der Waals surface area contributed by atoms with Gasteiger partial charge in [0.2, 0.25) is 0 Å². The van der Waals surface area contributed by atoms with E-state index >= 15 is 0 Å². The van der Waals surface area contributed by atoms with Crippen molar-refractivity contribution in [2.24, 2.45) is 5.10 Å². The Hall–Kier alpha value is -4.46. The van der Waals surface area contributed by atoms with Crippen molar-refractivity contribution in [2.75, 3.05) is 14.2 Å². The van der Waals surface area contributed by atoms with Crippen LogP contribution in [0.1, 0.15) is 26.4 Å². The maximum Gasteiger partial charge on any atom is 0.337 e. The van der Waals surface area contributed by atoms with Crippen molar-refractivity contribution < 1.29 is 19.1 Å². The molecule has 32 heavy (non-hydrogen) atoms. The molecule has 1 amide bonds. The minimum absolute atomic E-state index is 0.258. The number of H-pyrrole nitrogens is 1. The Morgan fingerprint density at radius 3 is 2.56 bits per heavy atom. The van der Waals surface area contributed by atoms with Gasteiger partial charge in [-0.2, -0.15) is 10.2 Å². The number of carbonyl (C=O) groups excluding carboxylic acids is 2. The van der Waals surface area contributed by atoms with Crippen molar-refractivity contribution in [3.63, 3.8) is 0 Å². The summed E-state index contributed by atoms with van der Waals surface area (Å²) in [5, 5.41) is 13.0. The summed E-state index contributed by atoms with van der Waals surface area (Å²) < 4.78 is 10.2. The molecule has 0 saturated heterocycles. The van der Waals surface area contributed by atoms with Crippen molar-refractivity contribution in [2.45, 2.75) is 0 Å². The second kappa shape index (κ2) is 9.13. The van der Waals surface area contributed by atoms with Gasteiger partial charge in [0, 0.05) is 0 Å². The molecule has 0 atom stereocenters. The SMILES string of the molecule is COC(=O)c1ccc(/C=N\NC(=O)c2cc(-c3c(OC)ccc4ccccc34)n[nH]2)cc1. The summed E-state index contributed by atoms with van der Waals surface area (Å²) in [6, 6.07) is 20.0. The van der Waals surface area contributed by atoms with Crippen LogP contribution in [0.3, 0.4) is 0 Å². The van der Waals surface area contributed by atoms with Crippen LogP contribution in [0.2, 0.25) is 0 Å². The molecule has 0 saturated carbocycles. The van der Waals surface area contributed by atoms with E-state index in [1.54, 1.807) is 37.4 Å². The van der Waals surface area contributed by atoms with Crippen LogP contribution in [-0.4, -0.2) is 42.5 Å². The topological polar surface area (TPSA) is 106 Å². The fraction of sp³-hybridized carbons (Fsp3) is 0.0833. The number of amides is 1. The van der Waals surface area contributed by atoms with Gasteiger partial charge in [0.15, 0.2) is 0 Å². The highest BCUT2D eigenvalue weighted by Gasteiger charge is 2.16. The molecule has 1 aromatic heterocycles. The second-order valence-corrected chi connectivity index (χ2v) is 6.84. The summed E-state index contributed by atoms with van der Waals surface area (Å²) in [4.78, 5) is 24.0. The summed E-state index contributed by atoms with van der Waals surface area (Å²) in [5.41, 5.74) is 5.26. The van der Waals surface area contributed by atoms with Crippen LogP contribution < -0.4 is 10.2 Å². The van der Waals surface area contributed by atoms with Gasteiger partial charge in [0.05, 0.1) is 37.3 Å². The molecule has 3 aromatic carbocycles. The number of aromatic nitrogens is 2. The Kier molecular flexibility index (Phi) is 5.94. The Labute approximate surface area is 183 Å². The van der Waals surface area contributed by atoms with E-state index in [-0.39, 0.29) is 5.69 Å². The zero-order valence-corrected chi connectivity index (χ0v) is 17.5. The number of carbonyl (C=O) groups is 2. The predicted octanol–water partition coefficient (Wildman–Crippen LogP) is 3.79. The Balaban J connectivity index is 1.51. The van der Waals surface area contributed by atoms with Crippen molar-refractivity contribution >= 4 is 28.9 Å². The molecule has 4 rings (SSSR count). The van der Waals surface area contributed by atoms with E-state index in [0.29, 0.717) is 22.6 Å². The lowest BCUT2D eigenvalue weighted by molar-refractivity contribution is 0.0600. The van der Waals surface area contributed by atoms with Crippen LogP contribution in [0, 0.1) is 0 Å². The summed E-state index contributed by atoms with van der Waals surface area (Å²) in [7, 11) is 2.92. The number of nitrogens with one attached hydrogen (secondary N) is 2. The fourth-order valence-electron chi connectivity index (χ4n) is 3.30. The highest BCUT2D eigenvalue weighted by Crippen LogP contribution is 2.36. The van der Waals surface area contributed by atoms with Crippen LogP contribution in [0.15, 0.2) is 71.8 Å². The molecule has 0 aliphatic carbocycles. The molecule has 0 unspecified atom stereocenters. The van der Waals surface area contributed by atoms with Crippen LogP contribution in [0.4, 0.5) is 0 Å². The second-order valence-electron chi connectivity index (χ2n) is 6.84. The van der Waals surface area contributed by atoms with Crippen molar-refractivity contribution in [1.29, 1.82) is 0 Å². The lowest BCUT2D eigenvalue weighted by Gasteiger charge is -2.09. The minimum Gasteiger partial charge on any atom is -0.496 e. The van der Waals surface area contributed by atoms with Gasteiger partial charge in [0.25, 0.3) is 5.91 Å². The number of hydrogen-bond acceptors (Lipinski definition) is 6. The molecule has 160 valence electrons. The number of esters is 1. The first-order chi connectivity index (χ1) is 15.6. The van der Waals surface area contributed by atoms with Gasteiger partial charge in [0.1, 0.15) is 11.4 Å². The highest BCUT2D eigenvalue weighted by atomic mass is 16.5. The first-order valence-electron chi connectivity index (χ1n) is 9.74. The lowest BCUT2D eigenvalue weighted by Crippen LogP contribution is -2.18. The number of fused-ring (bicyclic) bond motifs is 1. The van der Waals surface area contributed by atoms with E-state index in [1.807, 2.05) is 36.4 Å². The van der Waals surface area contributed by atoms with Crippen LogP contribution in [0.25, 0.3) is 22.0 Å². The third-order valence-corrected chi connectivity index (χ3v) is 4.90. The molecule has 0 aliphatic rings. The molecule has 0 fully saturated rings. The molecule has 8 heteroatoms. The van der Waals surface area contributed by atoms with E-state index < -0.39 is 11.9 Å². The average Bonchev–Trinajstić information content (AvgIpc) is 3.33. The molecular weight excluding hydrogens is 408 g/mol. The summed E-state index contributed by atoms with van der Waals surface area (Å²) in [6.45, 7) is 0. The molecule has 2 N–H and O–H groups in total. The molecule has 0 bridgehead atoms. The Morgan fingerprint density at radius 1 is 1.03 bits per heavy atom. The van der Waals surface area contributed by atoms with Crippen LogP contribution in [0.5, 0.6) is 5.75 Å². The maximum atomic E-state index is 12.5. The van der Waals surface area contributed by atoms with Gasteiger partial charge >= 0.3 is 5.97 Å². The van der Waals surface area contributed by atoms with Gasteiger partial charge < -0.3 is 9.47 Å². The number of benzene rings is 3. The first kappa shape index (κ1) is 20.8. The average molecular weight is 428 g/mol. The minimum atomic E-state index is -0.439. The van der Waals surface area contributed by atoms with E-state index in [0.717, 1.165) is 16.3 Å². The smallest absolute Gasteiger partial charge is 0.337 e. The molecule has 0 radical (unpaired) electrons. The summed E-state index contributed by atoms with van der Waals surface area (Å²) in [5.74, 6) is -0.194. The molecule has 8 nitrogen and oxygen atoms in total. The normalized spacial score (nSPS) is 10.9. The van der Waals surface area contributed by atoms with E-state index in [9.17, 15) is 9.59 Å². The third kappa shape index (κ3) is 4.20. The van der Waals surface area contributed by atoms with Crippen molar-refractivity contribution in [1.82, 2.24) is 15.6 Å². The Bertz CT molecular complexity index is 1310. The van der Waals surface area contributed by atoms with E-state index in [2.05, 4.69) is 25.5 Å². The molecule has 4 aromatic rings. The number of ether oxygens (including phenoxy) is 2. The van der Waals surface area contributed by atoms with Gasteiger partial charge in [-0.15, -0.1) is 0 Å². The molecule has 0 spiro atoms. The predicted molar refractivity (Wildman–Crippen MR) is 121 cm³/mol. The van der Waals surface area contributed by atoms with Crippen LogP contribution in [-0.2, 0) is 4.74 Å². The molecule has 0 aliphatic heterocycles. The quantitative estimate of drug-likeness (QED) is 0.276. The van der Waals surface area contributed by atoms with Gasteiger partial charge in [-0.3, -0.25) is 9.89 Å². The van der Waals surface area contributed by atoms with Crippen molar-refractivity contribution in [3.8, 4) is 17.0 Å². The van der Waals surface area contributed by atoms with E-state index in [4.69, 9.17) is 4.74 Å². The monoisotopic (exact) mass is 428 g/mol. The summed E-state index contributed by atoms with van der Waals surface area (Å²) in [6.07, 6.45) is 1.48. The molecule has 1 heterocycles. The molecular formula is C24H20N4O4. The van der Waals surface area contributed by atoms with Crippen molar-refractivity contribution in [3.05, 3.63) is 83.6 Å². The largest absolute Gasteiger partial charge is 0.496 e. The standard InChI is InChI=1S/C24H20N4O4/c1-31-21-12-11-16-5-3-4-6-18(16)22(21)19-13-20(27-26-19)23(29)28-25-14-15-7-9-17(10-8-15)24(30)32-2/h3-14H,1-2H3,(H,26,27)(H,28,29)/b25-14-. The number of rotatable bonds is 6. The Morgan fingerprint density at radius 2 is 1.81 bits per heavy atom.